The maximum absolute atomic E-state index is 11.8. The van der Waals surface area contributed by atoms with Crippen LogP contribution in [0.4, 0.5) is 0 Å². The van der Waals surface area contributed by atoms with E-state index < -0.39 is 0 Å². The molecule has 0 aromatic heterocycles. The highest BCUT2D eigenvalue weighted by molar-refractivity contribution is 5.94. The van der Waals surface area contributed by atoms with E-state index in [0.29, 0.717) is 18.0 Å². The minimum atomic E-state index is -0.177. The zero-order valence-electron chi connectivity index (χ0n) is 10.2. The van der Waals surface area contributed by atoms with E-state index in [1.54, 1.807) is 18.2 Å². The second kappa shape index (κ2) is 6.72. The summed E-state index contributed by atoms with van der Waals surface area (Å²) in [5.41, 5.74) is 1.33. The first-order valence-electron chi connectivity index (χ1n) is 5.61. The first-order valence-corrected chi connectivity index (χ1v) is 5.61. The number of hydrogen-bond donors (Lipinski definition) is 2. The average Bonchev–Trinajstić information content (AvgIpc) is 2.33. The van der Waals surface area contributed by atoms with Crippen molar-refractivity contribution in [3.05, 3.63) is 35.4 Å². The number of aliphatic hydroxyl groups is 1. The van der Waals surface area contributed by atoms with Crippen molar-refractivity contribution in [1.29, 1.82) is 0 Å². The van der Waals surface area contributed by atoms with Gasteiger partial charge in [-0.05, 0) is 24.1 Å². The lowest BCUT2D eigenvalue weighted by Gasteiger charge is -2.07. The number of benzene rings is 1. The van der Waals surface area contributed by atoms with Crippen molar-refractivity contribution >= 4 is 5.91 Å². The van der Waals surface area contributed by atoms with Crippen molar-refractivity contribution in [2.45, 2.75) is 13.8 Å². The minimum Gasteiger partial charge on any atom is -0.384 e. The summed E-state index contributed by atoms with van der Waals surface area (Å²) in [7, 11) is 0. The third-order valence-electron chi connectivity index (χ3n) is 2.11. The monoisotopic (exact) mass is 231 g/mol. The van der Waals surface area contributed by atoms with Crippen LogP contribution in [0.5, 0.6) is 0 Å². The maximum atomic E-state index is 11.8. The highest BCUT2D eigenvalue weighted by atomic mass is 16.2. The van der Waals surface area contributed by atoms with Gasteiger partial charge in [-0.1, -0.05) is 31.8 Å². The number of amides is 1. The van der Waals surface area contributed by atoms with Gasteiger partial charge in [0, 0.05) is 17.7 Å². The average molecular weight is 231 g/mol. The largest absolute Gasteiger partial charge is 0.384 e. The Bertz CT molecular complexity index is 441. The second-order valence-corrected chi connectivity index (χ2v) is 4.14. The smallest absolute Gasteiger partial charge is 0.251 e. The van der Waals surface area contributed by atoms with Gasteiger partial charge in [0.2, 0.25) is 0 Å². The third-order valence-corrected chi connectivity index (χ3v) is 2.11. The van der Waals surface area contributed by atoms with Gasteiger partial charge in [-0.15, -0.1) is 0 Å². The highest BCUT2D eigenvalue weighted by Gasteiger charge is 2.05. The Morgan fingerprint density at radius 2 is 2.24 bits per heavy atom. The number of aliphatic hydroxyl groups excluding tert-OH is 1. The van der Waals surface area contributed by atoms with E-state index >= 15 is 0 Å². The van der Waals surface area contributed by atoms with Gasteiger partial charge in [0.25, 0.3) is 5.91 Å². The van der Waals surface area contributed by atoms with Crippen molar-refractivity contribution < 1.29 is 9.90 Å². The molecule has 0 spiro atoms. The van der Waals surface area contributed by atoms with Crippen LogP contribution in [0.25, 0.3) is 0 Å². The SMILES string of the molecule is CC(C)CNC(=O)c1cccc(C#CCO)c1. The van der Waals surface area contributed by atoms with Crippen molar-refractivity contribution in [2.24, 2.45) is 5.92 Å². The molecule has 1 amide bonds. The van der Waals surface area contributed by atoms with Crippen LogP contribution in [0, 0.1) is 17.8 Å². The lowest BCUT2D eigenvalue weighted by atomic mass is 10.1. The van der Waals surface area contributed by atoms with Crippen LogP contribution in [0.3, 0.4) is 0 Å². The fourth-order valence-electron chi connectivity index (χ4n) is 1.28. The molecule has 0 saturated carbocycles. The molecule has 0 aliphatic carbocycles. The van der Waals surface area contributed by atoms with E-state index in [4.69, 9.17) is 5.11 Å². The number of carbonyl (C=O) groups excluding carboxylic acids is 1. The zero-order valence-corrected chi connectivity index (χ0v) is 10.2. The molecule has 0 saturated heterocycles. The van der Waals surface area contributed by atoms with E-state index in [1.807, 2.05) is 19.9 Å². The molecule has 0 aliphatic rings. The summed E-state index contributed by atoms with van der Waals surface area (Å²) in [5.74, 6) is 5.67. The van der Waals surface area contributed by atoms with Crippen LogP contribution < -0.4 is 5.32 Å². The molecule has 0 radical (unpaired) electrons. The van der Waals surface area contributed by atoms with E-state index in [1.165, 1.54) is 0 Å². The van der Waals surface area contributed by atoms with E-state index in [2.05, 4.69) is 17.2 Å². The molecule has 1 rings (SSSR count). The van der Waals surface area contributed by atoms with Gasteiger partial charge in [-0.25, -0.2) is 0 Å². The molecule has 0 fully saturated rings. The molecule has 1 aromatic rings. The Hall–Kier alpha value is -1.79. The summed E-state index contributed by atoms with van der Waals surface area (Å²) < 4.78 is 0. The summed E-state index contributed by atoms with van der Waals surface area (Å²) in [5, 5.41) is 11.4. The highest BCUT2D eigenvalue weighted by Crippen LogP contribution is 2.04. The Morgan fingerprint density at radius 1 is 1.47 bits per heavy atom. The molecule has 0 aliphatic heterocycles. The fraction of sp³-hybridized carbons (Fsp3) is 0.357. The topological polar surface area (TPSA) is 49.3 Å². The summed E-state index contributed by atoms with van der Waals surface area (Å²) >= 11 is 0. The molecule has 2 N–H and O–H groups in total. The summed E-state index contributed by atoms with van der Waals surface area (Å²) in [6.07, 6.45) is 0. The van der Waals surface area contributed by atoms with E-state index in [0.717, 1.165) is 5.56 Å². The molecular formula is C14H17NO2. The summed E-state index contributed by atoms with van der Waals surface area (Å²) in [6.45, 7) is 4.57. The molecule has 90 valence electrons. The first-order chi connectivity index (χ1) is 8.13. The van der Waals surface area contributed by atoms with Crippen LogP contribution in [0.1, 0.15) is 29.8 Å². The van der Waals surface area contributed by atoms with Crippen molar-refractivity contribution in [3.8, 4) is 11.8 Å². The molecular weight excluding hydrogens is 214 g/mol. The first kappa shape index (κ1) is 13.3. The van der Waals surface area contributed by atoms with Crippen LogP contribution in [0.2, 0.25) is 0 Å². The van der Waals surface area contributed by atoms with Crippen molar-refractivity contribution in [1.82, 2.24) is 5.32 Å². The minimum absolute atomic E-state index is 0.0913. The third kappa shape index (κ3) is 4.71. The van der Waals surface area contributed by atoms with Crippen molar-refractivity contribution in [3.63, 3.8) is 0 Å². The summed E-state index contributed by atoms with van der Waals surface area (Å²) in [6, 6.07) is 7.06. The molecule has 0 atom stereocenters. The van der Waals surface area contributed by atoms with Gasteiger partial charge in [0.15, 0.2) is 0 Å². The lowest BCUT2D eigenvalue weighted by molar-refractivity contribution is 0.0949. The summed E-state index contributed by atoms with van der Waals surface area (Å²) in [4.78, 5) is 11.8. The number of hydrogen-bond acceptors (Lipinski definition) is 2. The maximum Gasteiger partial charge on any atom is 0.251 e. The molecule has 0 bridgehead atoms. The molecule has 3 nitrogen and oxygen atoms in total. The van der Waals surface area contributed by atoms with Crippen LogP contribution in [-0.2, 0) is 0 Å². The standard InChI is InChI=1S/C14H17NO2/c1-11(2)10-15-14(17)13-7-3-5-12(9-13)6-4-8-16/h3,5,7,9,11,16H,8,10H2,1-2H3,(H,15,17). The van der Waals surface area contributed by atoms with Gasteiger partial charge in [0.1, 0.15) is 6.61 Å². The Labute approximate surface area is 102 Å². The predicted octanol–water partition coefficient (Wildman–Crippen LogP) is 1.42. The van der Waals surface area contributed by atoms with Crippen LogP contribution in [-0.4, -0.2) is 24.2 Å². The number of rotatable bonds is 3. The Kier molecular flexibility index (Phi) is 5.25. The molecule has 0 heterocycles. The zero-order chi connectivity index (χ0) is 12.7. The van der Waals surface area contributed by atoms with E-state index in [9.17, 15) is 4.79 Å². The van der Waals surface area contributed by atoms with Crippen molar-refractivity contribution in [2.75, 3.05) is 13.2 Å². The Balaban J connectivity index is 2.74. The van der Waals surface area contributed by atoms with Crippen LogP contribution >= 0.6 is 0 Å². The Morgan fingerprint density at radius 3 is 2.88 bits per heavy atom. The second-order valence-electron chi connectivity index (χ2n) is 4.14. The van der Waals surface area contributed by atoms with Crippen LogP contribution in [0.15, 0.2) is 24.3 Å². The predicted molar refractivity (Wildman–Crippen MR) is 67.6 cm³/mol. The molecule has 17 heavy (non-hydrogen) atoms. The fourth-order valence-corrected chi connectivity index (χ4v) is 1.28. The van der Waals surface area contributed by atoms with Gasteiger partial charge in [-0.3, -0.25) is 4.79 Å². The lowest BCUT2D eigenvalue weighted by Crippen LogP contribution is -2.27. The van der Waals surface area contributed by atoms with Gasteiger partial charge in [0.05, 0.1) is 0 Å². The number of nitrogens with one attached hydrogen (secondary N) is 1. The van der Waals surface area contributed by atoms with Gasteiger partial charge >= 0.3 is 0 Å². The van der Waals surface area contributed by atoms with E-state index in [-0.39, 0.29) is 12.5 Å². The van der Waals surface area contributed by atoms with Gasteiger partial charge in [-0.2, -0.15) is 0 Å². The van der Waals surface area contributed by atoms with Gasteiger partial charge < -0.3 is 10.4 Å². The molecule has 3 heteroatoms. The molecule has 1 aromatic carbocycles. The quantitative estimate of drug-likeness (QED) is 0.773. The number of carbonyl (C=O) groups is 1. The normalized spacial score (nSPS) is 9.65. The molecule has 0 unspecified atom stereocenters.